The minimum atomic E-state index is 0.0486. The Bertz CT molecular complexity index is 380. The monoisotopic (exact) mass is 216 g/mol. The zero-order valence-corrected chi connectivity index (χ0v) is 9.15. The summed E-state index contributed by atoms with van der Waals surface area (Å²) in [5, 5.41) is 6.33. The molecule has 1 heterocycles. The van der Waals surface area contributed by atoms with Crippen LogP contribution in [0.5, 0.6) is 0 Å². The zero-order chi connectivity index (χ0) is 11.0. The Hall–Kier alpha value is -1.35. The minimum Gasteiger partial charge on any atom is -0.351 e. The van der Waals surface area contributed by atoms with Crippen molar-refractivity contribution >= 4 is 5.91 Å². The van der Waals surface area contributed by atoms with Crippen LogP contribution in [-0.2, 0) is 11.3 Å². The summed E-state index contributed by atoms with van der Waals surface area (Å²) >= 11 is 0. The quantitative estimate of drug-likeness (QED) is 0.793. The topological polar surface area (TPSA) is 41.1 Å². The Morgan fingerprint density at radius 1 is 1.31 bits per heavy atom. The van der Waals surface area contributed by atoms with Crippen LogP contribution in [0.1, 0.15) is 18.4 Å². The molecule has 0 bridgehead atoms. The zero-order valence-electron chi connectivity index (χ0n) is 9.15. The number of rotatable bonds is 3. The number of hydrogen-bond donors (Lipinski definition) is 2. The summed E-state index contributed by atoms with van der Waals surface area (Å²) in [6.45, 7) is 0.632. The standard InChI is InChI=1S/C13H16N2O/c16-13(12-7-10-6-11(10)15-12)14-8-9-4-2-1-3-5-9/h1-5,10-12,15H,6-8H2,(H,14,16)/t10-,11-,12+/m1/s1. The molecule has 3 nitrogen and oxygen atoms in total. The van der Waals surface area contributed by atoms with Gasteiger partial charge in [0.25, 0.3) is 0 Å². The number of amides is 1. The van der Waals surface area contributed by atoms with Crippen molar-refractivity contribution in [1.29, 1.82) is 0 Å². The number of nitrogens with one attached hydrogen (secondary N) is 2. The van der Waals surface area contributed by atoms with E-state index in [1.165, 1.54) is 6.42 Å². The van der Waals surface area contributed by atoms with Crippen LogP contribution in [0.25, 0.3) is 0 Å². The minimum absolute atomic E-state index is 0.0486. The van der Waals surface area contributed by atoms with E-state index in [1.807, 2.05) is 30.3 Å². The molecule has 2 N–H and O–H groups in total. The predicted octanol–water partition coefficient (Wildman–Crippen LogP) is 1.05. The molecule has 1 amide bonds. The third-order valence-electron chi connectivity index (χ3n) is 3.50. The van der Waals surface area contributed by atoms with Gasteiger partial charge in [0.05, 0.1) is 6.04 Å². The van der Waals surface area contributed by atoms with Gasteiger partial charge in [0.1, 0.15) is 0 Å². The maximum Gasteiger partial charge on any atom is 0.237 e. The molecule has 3 atom stereocenters. The summed E-state index contributed by atoms with van der Waals surface area (Å²) in [5.41, 5.74) is 1.15. The highest BCUT2D eigenvalue weighted by atomic mass is 16.2. The molecular formula is C13H16N2O. The first-order valence-corrected chi connectivity index (χ1v) is 5.90. The van der Waals surface area contributed by atoms with Gasteiger partial charge in [-0.1, -0.05) is 30.3 Å². The van der Waals surface area contributed by atoms with Crippen LogP contribution in [0.4, 0.5) is 0 Å². The summed E-state index contributed by atoms with van der Waals surface area (Å²) in [6, 6.07) is 10.7. The Kier molecular flexibility index (Phi) is 2.40. The van der Waals surface area contributed by atoms with Crippen LogP contribution < -0.4 is 10.6 Å². The van der Waals surface area contributed by atoms with Crippen LogP contribution in [-0.4, -0.2) is 18.0 Å². The van der Waals surface area contributed by atoms with Crippen LogP contribution in [0.3, 0.4) is 0 Å². The lowest BCUT2D eigenvalue weighted by Crippen LogP contribution is -2.41. The average Bonchev–Trinajstić information content (AvgIpc) is 2.94. The van der Waals surface area contributed by atoms with Crippen molar-refractivity contribution in [3.8, 4) is 0 Å². The van der Waals surface area contributed by atoms with Gasteiger partial charge in [-0.3, -0.25) is 4.79 Å². The van der Waals surface area contributed by atoms with E-state index in [2.05, 4.69) is 10.6 Å². The van der Waals surface area contributed by atoms with Gasteiger partial charge in [0.15, 0.2) is 0 Å². The molecule has 2 fully saturated rings. The fourth-order valence-electron chi connectivity index (χ4n) is 2.43. The van der Waals surface area contributed by atoms with Crippen molar-refractivity contribution in [3.05, 3.63) is 35.9 Å². The Morgan fingerprint density at radius 2 is 2.12 bits per heavy atom. The van der Waals surface area contributed by atoms with Gasteiger partial charge in [-0.05, 0) is 24.3 Å². The predicted molar refractivity (Wildman–Crippen MR) is 61.7 cm³/mol. The van der Waals surface area contributed by atoms with Crippen molar-refractivity contribution in [3.63, 3.8) is 0 Å². The second kappa shape index (κ2) is 3.91. The van der Waals surface area contributed by atoms with Crippen LogP contribution >= 0.6 is 0 Å². The van der Waals surface area contributed by atoms with Crippen molar-refractivity contribution in [2.24, 2.45) is 5.92 Å². The van der Waals surface area contributed by atoms with Gasteiger partial charge in [-0.15, -0.1) is 0 Å². The van der Waals surface area contributed by atoms with Crippen LogP contribution in [0, 0.1) is 5.92 Å². The van der Waals surface area contributed by atoms with E-state index in [0.717, 1.165) is 17.9 Å². The van der Waals surface area contributed by atoms with Gasteiger partial charge in [-0.2, -0.15) is 0 Å². The van der Waals surface area contributed by atoms with E-state index in [-0.39, 0.29) is 11.9 Å². The van der Waals surface area contributed by atoms with E-state index < -0.39 is 0 Å². The molecule has 0 aromatic heterocycles. The molecular weight excluding hydrogens is 200 g/mol. The molecule has 1 aliphatic heterocycles. The van der Waals surface area contributed by atoms with Gasteiger partial charge < -0.3 is 10.6 Å². The molecule has 3 heteroatoms. The molecule has 1 aromatic rings. The van der Waals surface area contributed by atoms with Crippen molar-refractivity contribution < 1.29 is 4.79 Å². The van der Waals surface area contributed by atoms with E-state index in [4.69, 9.17) is 0 Å². The Morgan fingerprint density at radius 3 is 2.81 bits per heavy atom. The highest BCUT2D eigenvalue weighted by molar-refractivity contribution is 5.82. The van der Waals surface area contributed by atoms with Crippen molar-refractivity contribution in [1.82, 2.24) is 10.6 Å². The fraction of sp³-hybridized carbons (Fsp3) is 0.462. The number of benzene rings is 1. The SMILES string of the molecule is O=C(NCc1ccccc1)[C@@H]1C[C@H]2C[C@H]2N1. The first kappa shape index (κ1) is 9.85. The maximum absolute atomic E-state index is 11.8. The van der Waals surface area contributed by atoms with E-state index in [9.17, 15) is 4.79 Å². The van der Waals surface area contributed by atoms with E-state index >= 15 is 0 Å². The first-order chi connectivity index (χ1) is 7.83. The molecule has 1 aliphatic carbocycles. The molecule has 1 saturated heterocycles. The third kappa shape index (κ3) is 1.95. The first-order valence-electron chi connectivity index (χ1n) is 5.90. The Balaban J connectivity index is 1.50. The summed E-state index contributed by atoms with van der Waals surface area (Å²) < 4.78 is 0. The normalized spacial score (nSPS) is 30.9. The van der Waals surface area contributed by atoms with E-state index in [0.29, 0.717) is 12.6 Å². The highest BCUT2D eigenvalue weighted by Gasteiger charge is 2.47. The van der Waals surface area contributed by atoms with Crippen molar-refractivity contribution in [2.75, 3.05) is 0 Å². The number of fused-ring (bicyclic) bond motifs is 1. The van der Waals surface area contributed by atoms with Gasteiger partial charge >= 0.3 is 0 Å². The van der Waals surface area contributed by atoms with Crippen molar-refractivity contribution in [2.45, 2.75) is 31.5 Å². The summed E-state index contributed by atoms with van der Waals surface area (Å²) in [6.07, 6.45) is 2.29. The largest absolute Gasteiger partial charge is 0.351 e. The highest BCUT2D eigenvalue weighted by Crippen LogP contribution is 2.40. The number of piperidine rings is 1. The summed E-state index contributed by atoms with van der Waals surface area (Å²) in [7, 11) is 0. The summed E-state index contributed by atoms with van der Waals surface area (Å²) in [4.78, 5) is 11.8. The smallest absolute Gasteiger partial charge is 0.237 e. The maximum atomic E-state index is 11.8. The molecule has 84 valence electrons. The lowest BCUT2D eigenvalue weighted by molar-refractivity contribution is -0.123. The molecule has 1 saturated carbocycles. The molecule has 0 radical (unpaired) electrons. The molecule has 2 aliphatic rings. The van der Waals surface area contributed by atoms with Gasteiger partial charge in [0, 0.05) is 12.6 Å². The second-order valence-electron chi connectivity index (χ2n) is 4.76. The molecule has 0 spiro atoms. The molecule has 0 unspecified atom stereocenters. The Labute approximate surface area is 95.2 Å². The van der Waals surface area contributed by atoms with Crippen LogP contribution in [0.15, 0.2) is 30.3 Å². The number of carbonyl (C=O) groups excluding carboxylic acids is 1. The average molecular weight is 216 g/mol. The van der Waals surface area contributed by atoms with Gasteiger partial charge in [-0.25, -0.2) is 0 Å². The lowest BCUT2D eigenvalue weighted by atomic mass is 10.1. The van der Waals surface area contributed by atoms with Gasteiger partial charge in [0.2, 0.25) is 5.91 Å². The van der Waals surface area contributed by atoms with E-state index in [1.54, 1.807) is 0 Å². The summed E-state index contributed by atoms with van der Waals surface area (Å²) in [5.74, 6) is 0.920. The second-order valence-corrected chi connectivity index (χ2v) is 4.76. The molecule has 3 rings (SSSR count). The lowest BCUT2D eigenvalue weighted by Gasteiger charge is -2.13. The number of carbonyl (C=O) groups is 1. The third-order valence-corrected chi connectivity index (χ3v) is 3.50. The van der Waals surface area contributed by atoms with Crippen LogP contribution in [0.2, 0.25) is 0 Å². The molecule has 1 aromatic carbocycles. The fourth-order valence-corrected chi connectivity index (χ4v) is 2.43. The number of hydrogen-bond acceptors (Lipinski definition) is 2. The molecule has 16 heavy (non-hydrogen) atoms.